The third kappa shape index (κ3) is 7.00. The summed E-state index contributed by atoms with van der Waals surface area (Å²) in [5, 5.41) is 2.84. The highest BCUT2D eigenvalue weighted by atomic mass is 16.1. The summed E-state index contributed by atoms with van der Waals surface area (Å²) >= 11 is 0. The quantitative estimate of drug-likeness (QED) is 0.306. The number of unbranched alkanes of at least 4 members (excludes halogenated alkanes) is 4. The molecule has 1 aromatic rings. The second kappa shape index (κ2) is 12.3. The van der Waals surface area contributed by atoms with Gasteiger partial charge < -0.3 is 5.32 Å². The molecule has 1 N–H and O–H groups in total. The van der Waals surface area contributed by atoms with Crippen molar-refractivity contribution in [3.05, 3.63) is 42.5 Å². The molecule has 2 saturated carbocycles. The number of carbonyl (C=O) groups excluding carboxylic acids is 1. The van der Waals surface area contributed by atoms with Crippen molar-refractivity contribution >= 4 is 11.6 Å². The van der Waals surface area contributed by atoms with E-state index in [2.05, 4.69) is 31.0 Å². The van der Waals surface area contributed by atoms with Crippen LogP contribution in [0.25, 0.3) is 0 Å². The van der Waals surface area contributed by atoms with Gasteiger partial charge in [0, 0.05) is 5.69 Å². The van der Waals surface area contributed by atoms with Gasteiger partial charge in [-0.05, 0) is 86.0 Å². The van der Waals surface area contributed by atoms with E-state index in [1.807, 2.05) is 12.1 Å². The monoisotopic (exact) mass is 409 g/mol. The van der Waals surface area contributed by atoms with Gasteiger partial charge in [0.15, 0.2) is 0 Å². The molecule has 2 nitrogen and oxygen atoms in total. The molecule has 0 atom stereocenters. The summed E-state index contributed by atoms with van der Waals surface area (Å²) in [6.07, 6.45) is 21.4. The van der Waals surface area contributed by atoms with Gasteiger partial charge in [-0.25, -0.2) is 0 Å². The van der Waals surface area contributed by atoms with Gasteiger partial charge in [-0.2, -0.15) is 0 Å². The summed E-state index contributed by atoms with van der Waals surface area (Å²) in [5.41, 5.74) is 2.30. The lowest BCUT2D eigenvalue weighted by Gasteiger charge is -2.38. The Kier molecular flexibility index (Phi) is 9.49. The smallest absolute Gasteiger partial charge is 0.247 e. The molecule has 0 unspecified atom stereocenters. The Hall–Kier alpha value is -1.57. The van der Waals surface area contributed by atoms with Crippen molar-refractivity contribution in [2.45, 2.75) is 103 Å². The van der Waals surface area contributed by atoms with Crippen LogP contribution in [-0.2, 0) is 4.79 Å². The first-order valence-electron chi connectivity index (χ1n) is 12.7. The van der Waals surface area contributed by atoms with Crippen molar-refractivity contribution in [3.8, 4) is 0 Å². The molecule has 0 radical (unpaired) electrons. The fourth-order valence-corrected chi connectivity index (χ4v) is 5.94. The Morgan fingerprint density at radius 2 is 1.50 bits per heavy atom. The Morgan fingerprint density at radius 1 is 0.900 bits per heavy atom. The Balaban J connectivity index is 1.36. The number of benzene rings is 1. The molecule has 0 saturated heterocycles. The van der Waals surface area contributed by atoms with Crippen molar-refractivity contribution in [2.75, 3.05) is 5.32 Å². The average Bonchev–Trinajstić information content (AvgIpc) is 2.80. The first-order chi connectivity index (χ1) is 14.7. The molecule has 3 rings (SSSR count). The largest absolute Gasteiger partial charge is 0.323 e. The fourth-order valence-electron chi connectivity index (χ4n) is 5.94. The minimum atomic E-state index is -0.144. The maximum absolute atomic E-state index is 11.4. The van der Waals surface area contributed by atoms with Crippen LogP contribution < -0.4 is 5.32 Å². The Labute approximate surface area is 184 Å². The maximum Gasteiger partial charge on any atom is 0.247 e. The van der Waals surface area contributed by atoms with Gasteiger partial charge in [0.05, 0.1) is 0 Å². The topological polar surface area (TPSA) is 29.1 Å². The molecule has 0 aliphatic heterocycles. The van der Waals surface area contributed by atoms with Crippen LogP contribution in [0.5, 0.6) is 0 Å². The number of amides is 1. The minimum absolute atomic E-state index is 0.144. The Morgan fingerprint density at radius 3 is 2.10 bits per heavy atom. The van der Waals surface area contributed by atoms with E-state index in [1.54, 1.807) is 0 Å². The number of nitrogens with one attached hydrogen (secondary N) is 1. The highest BCUT2D eigenvalue weighted by Crippen LogP contribution is 2.44. The van der Waals surface area contributed by atoms with E-state index in [9.17, 15) is 4.79 Å². The van der Waals surface area contributed by atoms with Gasteiger partial charge in [0.2, 0.25) is 5.91 Å². The molecule has 166 valence electrons. The summed E-state index contributed by atoms with van der Waals surface area (Å²) in [5.74, 6) is 3.55. The number of hydrogen-bond donors (Lipinski definition) is 1. The van der Waals surface area contributed by atoms with Crippen LogP contribution in [0.4, 0.5) is 5.69 Å². The van der Waals surface area contributed by atoms with Gasteiger partial charge in [0.25, 0.3) is 0 Å². The first kappa shape index (κ1) is 23.1. The van der Waals surface area contributed by atoms with E-state index in [1.165, 1.54) is 102 Å². The van der Waals surface area contributed by atoms with Crippen LogP contribution >= 0.6 is 0 Å². The van der Waals surface area contributed by atoms with E-state index < -0.39 is 0 Å². The van der Waals surface area contributed by atoms with Gasteiger partial charge in [0.1, 0.15) is 0 Å². The van der Waals surface area contributed by atoms with Crippen molar-refractivity contribution in [1.29, 1.82) is 0 Å². The summed E-state index contributed by atoms with van der Waals surface area (Å²) in [4.78, 5) is 11.4. The van der Waals surface area contributed by atoms with Gasteiger partial charge >= 0.3 is 0 Å². The molecule has 2 fully saturated rings. The van der Waals surface area contributed by atoms with Crippen LogP contribution in [0.3, 0.4) is 0 Å². The van der Waals surface area contributed by atoms with Crippen molar-refractivity contribution in [2.24, 2.45) is 17.8 Å². The van der Waals surface area contributed by atoms with E-state index >= 15 is 0 Å². The van der Waals surface area contributed by atoms with Crippen LogP contribution in [0, 0.1) is 17.8 Å². The van der Waals surface area contributed by atoms with Crippen molar-refractivity contribution < 1.29 is 4.79 Å². The van der Waals surface area contributed by atoms with E-state index in [-0.39, 0.29) is 5.91 Å². The standard InChI is InChI=1S/C28H43NO/c1-3-5-6-7-8-9-22-10-12-23(13-11-22)24-14-16-25(17-15-24)26-18-20-27(21-19-26)29-28(30)4-2/h4,18-25H,2-3,5-17H2,1H3,(H,29,30). The highest BCUT2D eigenvalue weighted by molar-refractivity contribution is 5.98. The summed E-state index contributed by atoms with van der Waals surface area (Å²) < 4.78 is 0. The van der Waals surface area contributed by atoms with Crippen LogP contribution in [-0.4, -0.2) is 5.91 Å². The molecule has 2 heteroatoms. The molecule has 2 aliphatic carbocycles. The van der Waals surface area contributed by atoms with E-state index in [4.69, 9.17) is 0 Å². The lowest BCUT2D eigenvalue weighted by Crippen LogP contribution is -2.25. The molecule has 2 aliphatic rings. The van der Waals surface area contributed by atoms with Gasteiger partial charge in [-0.3, -0.25) is 4.79 Å². The fraction of sp³-hybridized carbons (Fsp3) is 0.679. The molecule has 0 spiro atoms. The van der Waals surface area contributed by atoms with Crippen LogP contribution in [0.1, 0.15) is 108 Å². The predicted molar refractivity (Wildman–Crippen MR) is 129 cm³/mol. The molecule has 0 aromatic heterocycles. The highest BCUT2D eigenvalue weighted by Gasteiger charge is 2.31. The summed E-state index contributed by atoms with van der Waals surface area (Å²) in [6.45, 7) is 5.81. The van der Waals surface area contributed by atoms with Crippen LogP contribution in [0.2, 0.25) is 0 Å². The van der Waals surface area contributed by atoms with Crippen molar-refractivity contribution in [1.82, 2.24) is 0 Å². The third-order valence-corrected chi connectivity index (χ3v) is 7.88. The van der Waals surface area contributed by atoms with Crippen LogP contribution in [0.15, 0.2) is 36.9 Å². The van der Waals surface area contributed by atoms with E-state index in [0.29, 0.717) is 5.92 Å². The zero-order valence-corrected chi connectivity index (χ0v) is 19.2. The number of carbonyl (C=O) groups is 1. The number of anilines is 1. The summed E-state index contributed by atoms with van der Waals surface area (Å²) in [6, 6.07) is 8.48. The number of hydrogen-bond acceptors (Lipinski definition) is 1. The Bertz CT molecular complexity index is 633. The molecule has 1 amide bonds. The molecule has 0 bridgehead atoms. The minimum Gasteiger partial charge on any atom is -0.323 e. The molecular formula is C28H43NO. The first-order valence-corrected chi connectivity index (χ1v) is 12.7. The number of rotatable bonds is 10. The lowest BCUT2D eigenvalue weighted by molar-refractivity contribution is -0.111. The molecular weight excluding hydrogens is 366 g/mol. The SMILES string of the molecule is C=CC(=O)Nc1ccc(C2CCC(C3CCC(CCCCCCC)CC3)CC2)cc1. The average molecular weight is 410 g/mol. The van der Waals surface area contributed by atoms with Gasteiger partial charge in [-0.1, -0.05) is 77.0 Å². The third-order valence-electron chi connectivity index (χ3n) is 7.88. The second-order valence-corrected chi connectivity index (χ2v) is 9.91. The zero-order chi connectivity index (χ0) is 21.2. The normalized spacial score (nSPS) is 26.8. The zero-order valence-electron chi connectivity index (χ0n) is 19.2. The second-order valence-electron chi connectivity index (χ2n) is 9.91. The lowest BCUT2D eigenvalue weighted by atomic mass is 9.68. The van der Waals surface area contributed by atoms with Gasteiger partial charge in [-0.15, -0.1) is 0 Å². The van der Waals surface area contributed by atoms with E-state index in [0.717, 1.165) is 23.4 Å². The van der Waals surface area contributed by atoms with Crippen molar-refractivity contribution in [3.63, 3.8) is 0 Å². The summed E-state index contributed by atoms with van der Waals surface area (Å²) in [7, 11) is 0. The maximum atomic E-state index is 11.4. The molecule has 1 aromatic carbocycles. The predicted octanol–water partition coefficient (Wildman–Crippen LogP) is 8.25. The molecule has 0 heterocycles. The molecule has 30 heavy (non-hydrogen) atoms.